The van der Waals surface area contributed by atoms with Gasteiger partial charge in [0.1, 0.15) is 6.04 Å². The molecule has 1 aliphatic heterocycles. The Kier molecular flexibility index (Phi) is 2.49. The van der Waals surface area contributed by atoms with Gasteiger partial charge in [-0.3, -0.25) is 0 Å². The molecule has 0 aromatic carbocycles. The minimum Gasteiger partial charge on any atom is -0.480 e. The third-order valence-corrected chi connectivity index (χ3v) is 2.40. The van der Waals surface area contributed by atoms with Crippen LogP contribution in [-0.4, -0.2) is 33.6 Å². The van der Waals surface area contributed by atoms with Gasteiger partial charge in [-0.05, 0) is 12.8 Å². The van der Waals surface area contributed by atoms with Crippen LogP contribution in [0.1, 0.15) is 12.8 Å². The Hall–Kier alpha value is -1.72. The summed E-state index contributed by atoms with van der Waals surface area (Å²) in [7, 11) is 0. The Morgan fingerprint density at radius 2 is 2.20 bits per heavy atom. The average molecular weight is 211 g/mol. The van der Waals surface area contributed by atoms with Gasteiger partial charge in [0.2, 0.25) is 5.95 Å². The molecule has 0 saturated carbocycles. The quantitative estimate of drug-likeness (QED) is 0.778. The fourth-order valence-corrected chi connectivity index (χ4v) is 1.72. The van der Waals surface area contributed by atoms with Crippen molar-refractivity contribution < 1.29 is 14.3 Å². The van der Waals surface area contributed by atoms with E-state index in [2.05, 4.69) is 9.97 Å². The largest absolute Gasteiger partial charge is 0.480 e. The van der Waals surface area contributed by atoms with Crippen molar-refractivity contribution >= 4 is 11.9 Å². The molecule has 0 radical (unpaired) electrons. The fourth-order valence-electron chi connectivity index (χ4n) is 1.72. The molecule has 0 aliphatic carbocycles. The maximum atomic E-state index is 12.6. The molecular formula is C9H10FN3O2. The van der Waals surface area contributed by atoms with Gasteiger partial charge in [-0.15, -0.1) is 0 Å². The van der Waals surface area contributed by atoms with Crippen LogP contribution in [-0.2, 0) is 4.79 Å². The first kappa shape index (κ1) is 9.82. The second-order valence-electron chi connectivity index (χ2n) is 3.39. The maximum Gasteiger partial charge on any atom is 0.326 e. The maximum absolute atomic E-state index is 12.6. The number of carbonyl (C=O) groups is 1. The second-order valence-corrected chi connectivity index (χ2v) is 3.39. The number of aromatic nitrogens is 2. The number of halogens is 1. The van der Waals surface area contributed by atoms with Gasteiger partial charge in [-0.1, -0.05) is 0 Å². The smallest absolute Gasteiger partial charge is 0.326 e. The minimum absolute atomic E-state index is 0.279. The molecule has 1 aromatic rings. The minimum atomic E-state index is -0.888. The van der Waals surface area contributed by atoms with Gasteiger partial charge in [-0.2, -0.15) is 0 Å². The zero-order valence-corrected chi connectivity index (χ0v) is 7.93. The van der Waals surface area contributed by atoms with Crippen molar-refractivity contribution in [2.45, 2.75) is 18.9 Å². The van der Waals surface area contributed by atoms with Crippen molar-refractivity contribution in [3.63, 3.8) is 0 Å². The van der Waals surface area contributed by atoms with Crippen LogP contribution in [0, 0.1) is 5.82 Å². The SMILES string of the molecule is O=C(O)C1CCCN1c1ncc(F)cn1. The number of carboxylic acids is 1. The van der Waals surface area contributed by atoms with Crippen LogP contribution < -0.4 is 4.90 Å². The summed E-state index contributed by atoms with van der Waals surface area (Å²) in [5.41, 5.74) is 0. The van der Waals surface area contributed by atoms with Crippen LogP contribution in [0.4, 0.5) is 10.3 Å². The summed E-state index contributed by atoms with van der Waals surface area (Å²) < 4.78 is 12.6. The van der Waals surface area contributed by atoms with E-state index >= 15 is 0 Å². The van der Waals surface area contributed by atoms with E-state index < -0.39 is 17.8 Å². The Labute approximate surface area is 85.6 Å². The fraction of sp³-hybridized carbons (Fsp3) is 0.444. The number of hydrogen-bond acceptors (Lipinski definition) is 4. The van der Waals surface area contributed by atoms with Gasteiger partial charge in [0.15, 0.2) is 5.82 Å². The predicted molar refractivity (Wildman–Crippen MR) is 50.0 cm³/mol. The normalized spacial score (nSPS) is 20.6. The molecule has 5 nitrogen and oxygen atoms in total. The van der Waals surface area contributed by atoms with E-state index in [1.165, 1.54) is 0 Å². The number of rotatable bonds is 2. The molecule has 15 heavy (non-hydrogen) atoms. The zero-order chi connectivity index (χ0) is 10.8. The van der Waals surface area contributed by atoms with Crippen molar-refractivity contribution in [2.24, 2.45) is 0 Å². The van der Waals surface area contributed by atoms with E-state index in [-0.39, 0.29) is 5.95 Å². The van der Waals surface area contributed by atoms with Crippen LogP contribution in [0.25, 0.3) is 0 Å². The second kappa shape index (κ2) is 3.80. The first-order chi connectivity index (χ1) is 7.18. The number of nitrogens with zero attached hydrogens (tertiary/aromatic N) is 3. The topological polar surface area (TPSA) is 66.3 Å². The van der Waals surface area contributed by atoms with E-state index in [4.69, 9.17) is 5.11 Å². The first-order valence-corrected chi connectivity index (χ1v) is 4.65. The molecule has 0 amide bonds. The number of carboxylic acid groups (broad SMARTS) is 1. The Bertz CT molecular complexity index is 368. The standard InChI is InChI=1S/C9H10FN3O2/c10-6-4-11-9(12-5-6)13-3-1-2-7(13)8(14)15/h4-5,7H,1-3H2,(H,14,15). The van der Waals surface area contributed by atoms with Gasteiger partial charge < -0.3 is 10.0 Å². The van der Waals surface area contributed by atoms with Crippen molar-refractivity contribution in [2.75, 3.05) is 11.4 Å². The molecule has 80 valence electrons. The lowest BCUT2D eigenvalue weighted by atomic mass is 10.2. The lowest BCUT2D eigenvalue weighted by Gasteiger charge is -2.20. The molecule has 0 spiro atoms. The monoisotopic (exact) mass is 211 g/mol. The molecule has 6 heteroatoms. The first-order valence-electron chi connectivity index (χ1n) is 4.65. The van der Waals surface area contributed by atoms with Crippen molar-refractivity contribution in [1.29, 1.82) is 0 Å². The summed E-state index contributed by atoms with van der Waals surface area (Å²) in [6.45, 7) is 0.600. The highest BCUT2D eigenvalue weighted by atomic mass is 19.1. The molecule has 1 N–H and O–H groups in total. The summed E-state index contributed by atoms with van der Waals surface area (Å²) in [5, 5.41) is 8.93. The molecule has 1 aromatic heterocycles. The number of hydrogen-bond donors (Lipinski definition) is 1. The van der Waals surface area contributed by atoms with Crippen molar-refractivity contribution in [3.8, 4) is 0 Å². The highest BCUT2D eigenvalue weighted by Crippen LogP contribution is 2.21. The van der Waals surface area contributed by atoms with Crippen LogP contribution >= 0.6 is 0 Å². The third-order valence-electron chi connectivity index (χ3n) is 2.40. The van der Waals surface area contributed by atoms with Crippen molar-refractivity contribution in [1.82, 2.24) is 9.97 Å². The lowest BCUT2D eigenvalue weighted by Crippen LogP contribution is -2.37. The van der Waals surface area contributed by atoms with Gasteiger partial charge in [0.25, 0.3) is 0 Å². The Morgan fingerprint density at radius 3 is 2.80 bits per heavy atom. The molecule has 2 rings (SSSR count). The van der Waals surface area contributed by atoms with Crippen LogP contribution in [0.3, 0.4) is 0 Å². The summed E-state index contributed by atoms with van der Waals surface area (Å²) in [5.74, 6) is -1.13. The van der Waals surface area contributed by atoms with E-state index in [0.29, 0.717) is 13.0 Å². The third kappa shape index (κ3) is 1.88. The summed E-state index contributed by atoms with van der Waals surface area (Å²) in [6.07, 6.45) is 3.45. The molecule has 1 fully saturated rings. The highest BCUT2D eigenvalue weighted by molar-refractivity contribution is 5.77. The van der Waals surface area contributed by atoms with Gasteiger partial charge in [0.05, 0.1) is 12.4 Å². The predicted octanol–water partition coefficient (Wildman–Crippen LogP) is 0.669. The molecule has 1 saturated heterocycles. The zero-order valence-electron chi connectivity index (χ0n) is 7.93. The van der Waals surface area contributed by atoms with E-state index in [0.717, 1.165) is 18.8 Å². The molecule has 2 heterocycles. The van der Waals surface area contributed by atoms with E-state index in [9.17, 15) is 9.18 Å². The summed E-state index contributed by atoms with van der Waals surface area (Å²) >= 11 is 0. The summed E-state index contributed by atoms with van der Waals surface area (Å²) in [4.78, 5) is 20.0. The molecule has 1 atom stereocenters. The number of aliphatic carboxylic acids is 1. The van der Waals surface area contributed by atoms with Crippen molar-refractivity contribution in [3.05, 3.63) is 18.2 Å². The highest BCUT2D eigenvalue weighted by Gasteiger charge is 2.32. The van der Waals surface area contributed by atoms with Gasteiger partial charge in [0, 0.05) is 6.54 Å². The Balaban J connectivity index is 2.22. The van der Waals surface area contributed by atoms with Gasteiger partial charge >= 0.3 is 5.97 Å². The molecule has 1 unspecified atom stereocenters. The van der Waals surface area contributed by atoms with Crippen LogP contribution in [0.2, 0.25) is 0 Å². The Morgan fingerprint density at radius 1 is 1.53 bits per heavy atom. The van der Waals surface area contributed by atoms with E-state index in [1.807, 2.05) is 0 Å². The average Bonchev–Trinajstić information content (AvgIpc) is 2.67. The van der Waals surface area contributed by atoms with E-state index in [1.54, 1.807) is 4.90 Å². The molecule has 1 aliphatic rings. The van der Waals surface area contributed by atoms with Crippen LogP contribution in [0.15, 0.2) is 12.4 Å². The molecular weight excluding hydrogens is 201 g/mol. The number of anilines is 1. The van der Waals surface area contributed by atoms with Gasteiger partial charge in [-0.25, -0.2) is 19.2 Å². The van der Waals surface area contributed by atoms with Crippen LogP contribution in [0.5, 0.6) is 0 Å². The lowest BCUT2D eigenvalue weighted by molar-refractivity contribution is -0.138. The summed E-state index contributed by atoms with van der Waals surface area (Å²) in [6, 6.07) is -0.588. The molecule has 0 bridgehead atoms.